The third-order valence-electron chi connectivity index (χ3n) is 11.8. The van der Waals surface area contributed by atoms with Crippen LogP contribution in [0.3, 0.4) is 0 Å². The number of fused-ring (bicyclic) bond motifs is 8. The third kappa shape index (κ3) is 7.22. The molecule has 0 saturated carbocycles. The number of hydrogen-bond acceptors (Lipinski definition) is 5. The zero-order chi connectivity index (χ0) is 41.7. The zero-order valence-electron chi connectivity index (χ0n) is 36.1. The summed E-state index contributed by atoms with van der Waals surface area (Å²) in [6, 6.07) is 51.0. The average molecular weight is 997 g/mol. The van der Waals surface area contributed by atoms with Crippen molar-refractivity contribution in [3.63, 3.8) is 0 Å². The van der Waals surface area contributed by atoms with Gasteiger partial charge in [0.05, 0.1) is 5.52 Å². The molecule has 0 fully saturated rings. The van der Waals surface area contributed by atoms with E-state index in [0.717, 1.165) is 50.6 Å². The Morgan fingerprint density at radius 3 is 2.02 bits per heavy atom. The molecular weight excluding hydrogens is 948 g/mol. The molecule has 3 aromatic heterocycles. The predicted octanol–water partition coefficient (Wildman–Crippen LogP) is 15.2. The molecule has 0 atom stereocenters. The summed E-state index contributed by atoms with van der Waals surface area (Å²) in [5, 5.41) is 4.81. The van der Waals surface area contributed by atoms with Crippen LogP contribution in [0.1, 0.15) is 79.0 Å². The van der Waals surface area contributed by atoms with E-state index >= 15 is 0 Å². The van der Waals surface area contributed by atoms with Gasteiger partial charge >= 0.3 is 0 Å². The first-order chi connectivity index (χ1) is 28.6. The molecule has 61 heavy (non-hydrogen) atoms. The summed E-state index contributed by atoms with van der Waals surface area (Å²) in [5.41, 5.74) is 9.86. The molecule has 1 aliphatic rings. The Hall–Kier alpha value is -5.42. The third-order valence-corrected chi connectivity index (χ3v) is 13.0. The minimum absolute atomic E-state index is 0. The standard InChI is InChI=1S/C54H49N4OS.Pt/c1-52(2,3)35-19-21-38(22-20-35)56-33-57(45-17-13-12-16-44(45)56)39-28-37(54(7,8)9)29-41(31-39)59-40-23-24-43-46(32-40)58(48-30-36(26-27-55-48)53(4,5)6)50-49-42-15-11-10-14-34(42)18-25-47(49)60-51(43)50;/h10-30,33H,1-9H3;/q-3;. The summed E-state index contributed by atoms with van der Waals surface area (Å²) in [7, 11) is 0. The van der Waals surface area contributed by atoms with Gasteiger partial charge in [0.2, 0.25) is 0 Å². The number of anilines is 4. The molecule has 0 radical (unpaired) electrons. The summed E-state index contributed by atoms with van der Waals surface area (Å²) in [6.45, 7) is 22.4. The summed E-state index contributed by atoms with van der Waals surface area (Å²) in [4.78, 5) is 9.51. The van der Waals surface area contributed by atoms with Gasteiger partial charge in [-0.05, 0) is 80.6 Å². The van der Waals surface area contributed by atoms with Crippen molar-refractivity contribution in [1.29, 1.82) is 0 Å². The molecule has 0 bridgehead atoms. The minimum atomic E-state index is -0.149. The van der Waals surface area contributed by atoms with E-state index in [4.69, 9.17) is 9.72 Å². The largest absolute Gasteiger partial charge is 0.509 e. The second-order valence-corrected chi connectivity index (χ2v) is 20.2. The van der Waals surface area contributed by atoms with Crippen molar-refractivity contribution >= 4 is 76.1 Å². The smallest absolute Gasteiger partial charge is 0.135 e. The van der Waals surface area contributed by atoms with Crippen LogP contribution < -0.4 is 14.5 Å². The SMILES string of the molecule is CC(C)(C)c1ccc(N2[CH-]N(c3[c-]c(Oc4[c-]c5c(cc4)c4sc6ccc7ccccc7c6c4n5-c4cc(C(C)(C)C)ccn4)cc(C(C)(C)C)c3)c3ccccc32)cc1.[Pt]. The van der Waals surface area contributed by atoms with Crippen molar-refractivity contribution in [2.75, 3.05) is 9.80 Å². The average Bonchev–Trinajstić information content (AvgIpc) is 3.89. The molecule has 4 heterocycles. The Kier molecular flexibility index (Phi) is 10.00. The van der Waals surface area contributed by atoms with Crippen LogP contribution in [0.5, 0.6) is 11.5 Å². The molecule has 10 rings (SSSR count). The quantitative estimate of drug-likeness (QED) is 0.161. The monoisotopic (exact) mass is 996 g/mol. The topological polar surface area (TPSA) is 33.5 Å². The maximum absolute atomic E-state index is 6.87. The molecule has 0 spiro atoms. The van der Waals surface area contributed by atoms with Gasteiger partial charge in [0.25, 0.3) is 0 Å². The number of pyridine rings is 1. The number of rotatable bonds is 5. The number of para-hydroxylation sites is 2. The summed E-state index contributed by atoms with van der Waals surface area (Å²) in [5.74, 6) is 2.12. The molecule has 0 saturated heterocycles. The molecule has 1 aliphatic heterocycles. The maximum atomic E-state index is 6.87. The molecular formula is C54H49N4OPtS-3. The normalized spacial score (nSPS) is 13.4. The van der Waals surface area contributed by atoms with Gasteiger partial charge in [-0.25, -0.2) is 4.98 Å². The summed E-state index contributed by atoms with van der Waals surface area (Å²) >= 11 is 1.83. The van der Waals surface area contributed by atoms with Crippen molar-refractivity contribution in [3.8, 4) is 17.3 Å². The fraction of sp³-hybridized carbons (Fsp3) is 0.222. The maximum Gasteiger partial charge on any atom is 0.135 e. The second kappa shape index (κ2) is 14.9. The Morgan fingerprint density at radius 1 is 0.607 bits per heavy atom. The van der Waals surface area contributed by atoms with Gasteiger partial charge in [-0.15, -0.1) is 59.6 Å². The number of thiophene rings is 1. The van der Waals surface area contributed by atoms with Crippen molar-refractivity contribution in [2.45, 2.75) is 78.6 Å². The zero-order valence-corrected chi connectivity index (χ0v) is 39.2. The minimum Gasteiger partial charge on any atom is -0.509 e. The predicted molar refractivity (Wildman–Crippen MR) is 253 cm³/mol. The molecule has 9 aromatic rings. The van der Waals surface area contributed by atoms with Crippen molar-refractivity contribution < 1.29 is 25.8 Å². The Morgan fingerprint density at radius 2 is 1.30 bits per heavy atom. The molecule has 0 aliphatic carbocycles. The van der Waals surface area contributed by atoms with Crippen molar-refractivity contribution in [2.24, 2.45) is 0 Å². The van der Waals surface area contributed by atoms with Crippen LogP contribution in [-0.2, 0) is 37.3 Å². The van der Waals surface area contributed by atoms with Gasteiger partial charge in [-0.1, -0.05) is 128 Å². The molecule has 6 aromatic carbocycles. The Bertz CT molecular complexity index is 3120. The van der Waals surface area contributed by atoms with Crippen LogP contribution in [-0.4, -0.2) is 9.55 Å². The van der Waals surface area contributed by atoms with E-state index in [-0.39, 0.29) is 37.3 Å². The Labute approximate surface area is 377 Å². The van der Waals surface area contributed by atoms with E-state index in [2.05, 4.69) is 211 Å². The van der Waals surface area contributed by atoms with Crippen molar-refractivity contribution in [3.05, 3.63) is 163 Å². The first kappa shape index (κ1) is 41.0. The van der Waals surface area contributed by atoms with Crippen LogP contribution in [0.25, 0.3) is 47.8 Å². The molecule has 7 heteroatoms. The first-order valence-electron chi connectivity index (χ1n) is 20.8. The van der Waals surface area contributed by atoms with E-state index in [1.807, 2.05) is 23.6 Å². The number of benzene rings is 6. The Balaban J connectivity index is 0.00000476. The molecule has 310 valence electrons. The number of ether oxygens (including phenoxy) is 1. The second-order valence-electron chi connectivity index (χ2n) is 19.1. The summed E-state index contributed by atoms with van der Waals surface area (Å²) < 4.78 is 11.6. The first-order valence-corrected chi connectivity index (χ1v) is 21.6. The van der Waals surface area contributed by atoms with Gasteiger partial charge < -0.3 is 19.1 Å². The number of aromatic nitrogens is 2. The van der Waals surface area contributed by atoms with E-state index < -0.39 is 0 Å². The van der Waals surface area contributed by atoms with Crippen LogP contribution >= 0.6 is 11.3 Å². The van der Waals surface area contributed by atoms with Gasteiger partial charge in [-0.2, -0.15) is 6.07 Å². The van der Waals surface area contributed by atoms with Crippen molar-refractivity contribution in [1.82, 2.24) is 9.55 Å². The molecule has 5 nitrogen and oxygen atoms in total. The number of hydrogen-bond donors (Lipinski definition) is 0. The van der Waals surface area contributed by atoms with E-state index in [1.165, 1.54) is 36.7 Å². The van der Waals surface area contributed by atoms with Gasteiger partial charge in [-0.3, -0.25) is 0 Å². The van der Waals surface area contributed by atoms with Gasteiger partial charge in [0, 0.05) is 70.6 Å². The summed E-state index contributed by atoms with van der Waals surface area (Å²) in [6.07, 6.45) is 1.94. The van der Waals surface area contributed by atoms with E-state index in [1.54, 1.807) is 0 Å². The van der Waals surface area contributed by atoms with Gasteiger partial charge in [0.15, 0.2) is 0 Å². The fourth-order valence-electron chi connectivity index (χ4n) is 8.38. The van der Waals surface area contributed by atoms with E-state index in [9.17, 15) is 0 Å². The molecule has 0 unspecified atom stereocenters. The van der Waals surface area contributed by atoms with E-state index in [0.29, 0.717) is 11.5 Å². The van der Waals surface area contributed by atoms with Gasteiger partial charge in [0.1, 0.15) is 5.82 Å². The molecule has 0 N–H and O–H groups in total. The number of nitrogens with zero attached hydrogens (tertiary/aromatic N) is 4. The molecule has 0 amide bonds. The van der Waals surface area contributed by atoms with Crippen LogP contribution in [0.15, 0.2) is 128 Å². The van der Waals surface area contributed by atoms with Crippen LogP contribution in [0.4, 0.5) is 22.7 Å². The fourth-order valence-corrected chi connectivity index (χ4v) is 9.60. The van der Waals surface area contributed by atoms with Crippen LogP contribution in [0, 0.1) is 18.8 Å². The van der Waals surface area contributed by atoms with Crippen LogP contribution in [0.2, 0.25) is 0 Å².